The van der Waals surface area contributed by atoms with Crippen molar-refractivity contribution in [2.24, 2.45) is 10.1 Å². The first kappa shape index (κ1) is 25.7. The summed E-state index contributed by atoms with van der Waals surface area (Å²) in [6.45, 7) is 0. The zero-order chi connectivity index (χ0) is 28.0. The third kappa shape index (κ3) is 5.61. The largest absolute Gasteiger partial charge is 0.463 e. The van der Waals surface area contributed by atoms with Crippen LogP contribution in [0, 0.1) is 10.1 Å². The Morgan fingerprint density at radius 3 is 2.05 bits per heavy atom. The number of anilines is 3. The second-order valence-corrected chi connectivity index (χ2v) is 9.73. The van der Waals surface area contributed by atoms with Crippen molar-refractivity contribution in [1.82, 2.24) is 4.68 Å². The monoisotopic (exact) mass is 557 g/mol. The summed E-state index contributed by atoms with van der Waals surface area (Å²) in [4.78, 5) is 18.4. The summed E-state index contributed by atoms with van der Waals surface area (Å²) in [6, 6.07) is 38.5. The van der Waals surface area contributed by atoms with Crippen LogP contribution >= 0.6 is 11.3 Å². The summed E-state index contributed by atoms with van der Waals surface area (Å²) in [7, 11) is 0. The number of para-hydroxylation sites is 4. The van der Waals surface area contributed by atoms with Crippen molar-refractivity contribution >= 4 is 46.0 Å². The van der Waals surface area contributed by atoms with E-state index in [1.54, 1.807) is 41.4 Å². The Kier molecular flexibility index (Phi) is 7.33. The van der Waals surface area contributed by atoms with Crippen LogP contribution < -0.4 is 9.70 Å². The van der Waals surface area contributed by atoms with Gasteiger partial charge in [-0.3, -0.25) is 10.1 Å². The van der Waals surface area contributed by atoms with E-state index in [2.05, 4.69) is 34.2 Å². The first-order chi connectivity index (χ1) is 20.2. The highest BCUT2D eigenvalue weighted by atomic mass is 32.1. The second-order valence-electron chi connectivity index (χ2n) is 8.89. The van der Waals surface area contributed by atoms with Gasteiger partial charge in [-0.2, -0.15) is 5.10 Å². The number of thiazole rings is 1. The van der Waals surface area contributed by atoms with Crippen molar-refractivity contribution in [3.8, 4) is 11.5 Å². The highest BCUT2D eigenvalue weighted by Gasteiger charge is 2.15. The standard InChI is InChI=1S/C32H23N5O3S/c38-37(39)29-15-8-7-14-28(29)34-32-36(30(23-41-32)31-16-9-21-40-31)33-22-24-17-19-27(20-18-24)35(25-10-3-1-4-11-25)26-12-5-2-6-13-26/h1-23H. The van der Waals surface area contributed by atoms with Crippen molar-refractivity contribution in [3.05, 3.63) is 153 Å². The molecule has 41 heavy (non-hydrogen) atoms. The quantitative estimate of drug-likeness (QED) is 0.107. The number of hydrogen-bond donors (Lipinski definition) is 0. The van der Waals surface area contributed by atoms with Gasteiger partial charge in [0.25, 0.3) is 5.69 Å². The van der Waals surface area contributed by atoms with Gasteiger partial charge in [0.05, 0.1) is 17.4 Å². The summed E-state index contributed by atoms with van der Waals surface area (Å²) in [6.07, 6.45) is 3.32. The average molecular weight is 558 g/mol. The summed E-state index contributed by atoms with van der Waals surface area (Å²) in [5, 5.41) is 18.1. The molecular formula is C32H23N5O3S. The normalized spacial score (nSPS) is 11.7. The molecule has 0 spiro atoms. The molecule has 0 aliphatic heterocycles. The third-order valence-electron chi connectivity index (χ3n) is 6.26. The smallest absolute Gasteiger partial charge is 0.294 e. The van der Waals surface area contributed by atoms with E-state index >= 15 is 0 Å². The van der Waals surface area contributed by atoms with Gasteiger partial charge >= 0.3 is 0 Å². The van der Waals surface area contributed by atoms with E-state index in [0.717, 1.165) is 22.6 Å². The second kappa shape index (κ2) is 11.7. The van der Waals surface area contributed by atoms with E-state index in [0.29, 0.717) is 16.3 Å². The van der Waals surface area contributed by atoms with Crippen molar-refractivity contribution in [3.63, 3.8) is 0 Å². The number of furan rings is 1. The maximum atomic E-state index is 11.6. The van der Waals surface area contributed by atoms with Crippen molar-refractivity contribution in [2.75, 3.05) is 4.90 Å². The third-order valence-corrected chi connectivity index (χ3v) is 7.07. The Balaban J connectivity index is 1.37. The highest BCUT2D eigenvalue weighted by Crippen LogP contribution is 2.34. The molecule has 2 aromatic heterocycles. The summed E-state index contributed by atoms with van der Waals surface area (Å²) >= 11 is 1.32. The van der Waals surface area contributed by atoms with Crippen molar-refractivity contribution < 1.29 is 9.34 Å². The average Bonchev–Trinajstić information content (AvgIpc) is 3.68. The predicted octanol–water partition coefficient (Wildman–Crippen LogP) is 8.30. The molecule has 0 amide bonds. The number of nitro benzene ring substituents is 1. The predicted molar refractivity (Wildman–Crippen MR) is 162 cm³/mol. The Bertz CT molecular complexity index is 1820. The topological polar surface area (TPSA) is 89.2 Å². The number of nitro groups is 1. The molecular weight excluding hydrogens is 534 g/mol. The van der Waals surface area contributed by atoms with Crippen LogP contribution in [0.2, 0.25) is 0 Å². The van der Waals surface area contributed by atoms with Crippen molar-refractivity contribution in [1.29, 1.82) is 0 Å². The lowest BCUT2D eigenvalue weighted by Gasteiger charge is -2.25. The molecule has 2 heterocycles. The minimum absolute atomic E-state index is 0.0760. The fraction of sp³-hybridized carbons (Fsp3) is 0. The fourth-order valence-electron chi connectivity index (χ4n) is 4.33. The Morgan fingerprint density at radius 1 is 0.780 bits per heavy atom. The van der Waals surface area contributed by atoms with E-state index < -0.39 is 4.92 Å². The molecule has 0 fully saturated rings. The van der Waals surface area contributed by atoms with E-state index in [1.165, 1.54) is 17.4 Å². The Hall–Kier alpha value is -5.54. The lowest BCUT2D eigenvalue weighted by Crippen LogP contribution is -2.12. The van der Waals surface area contributed by atoms with E-state index in [4.69, 9.17) is 9.52 Å². The van der Waals surface area contributed by atoms with Gasteiger partial charge in [-0.15, -0.1) is 11.3 Å². The minimum atomic E-state index is -0.441. The van der Waals surface area contributed by atoms with Gasteiger partial charge in [0, 0.05) is 28.5 Å². The van der Waals surface area contributed by atoms with Gasteiger partial charge in [0.2, 0.25) is 4.80 Å². The molecule has 9 heteroatoms. The van der Waals surface area contributed by atoms with Gasteiger partial charge < -0.3 is 9.32 Å². The zero-order valence-corrected chi connectivity index (χ0v) is 22.5. The van der Waals surface area contributed by atoms with Crippen molar-refractivity contribution in [2.45, 2.75) is 0 Å². The van der Waals surface area contributed by atoms with Crippen LogP contribution in [-0.2, 0) is 0 Å². The number of nitrogens with zero attached hydrogens (tertiary/aromatic N) is 5. The number of aromatic nitrogens is 1. The highest BCUT2D eigenvalue weighted by molar-refractivity contribution is 7.07. The molecule has 6 aromatic rings. The lowest BCUT2D eigenvalue weighted by atomic mass is 10.1. The van der Waals surface area contributed by atoms with Gasteiger partial charge in [-0.05, 0) is 60.2 Å². The first-order valence-corrected chi connectivity index (χ1v) is 13.6. The molecule has 0 atom stereocenters. The van der Waals surface area contributed by atoms with E-state index in [9.17, 15) is 10.1 Å². The molecule has 0 N–H and O–H groups in total. The zero-order valence-electron chi connectivity index (χ0n) is 21.6. The molecule has 200 valence electrons. The van der Waals surface area contributed by atoms with Gasteiger partial charge in [-0.25, -0.2) is 9.67 Å². The van der Waals surface area contributed by atoms with Crippen LogP contribution in [0.15, 0.2) is 147 Å². The van der Waals surface area contributed by atoms with Gasteiger partial charge in [0.15, 0.2) is 5.76 Å². The number of benzene rings is 4. The molecule has 0 saturated carbocycles. The SMILES string of the molecule is O=[N+]([O-])c1ccccc1N=c1scc(-c2ccco2)n1N=Cc1ccc(N(c2ccccc2)c2ccccc2)cc1. The lowest BCUT2D eigenvalue weighted by molar-refractivity contribution is -0.384. The number of rotatable bonds is 8. The molecule has 0 radical (unpaired) electrons. The molecule has 0 saturated heterocycles. The summed E-state index contributed by atoms with van der Waals surface area (Å²) in [5.74, 6) is 0.610. The molecule has 0 bridgehead atoms. The van der Waals surface area contributed by atoms with Crippen LogP contribution in [0.1, 0.15) is 5.56 Å². The Labute approximate surface area is 239 Å². The molecule has 0 unspecified atom stereocenters. The maximum absolute atomic E-state index is 11.6. The van der Waals surface area contributed by atoms with E-state index in [-0.39, 0.29) is 11.4 Å². The molecule has 0 aliphatic rings. The van der Waals surface area contributed by atoms with Crippen LogP contribution in [0.5, 0.6) is 0 Å². The fourth-order valence-corrected chi connectivity index (χ4v) is 5.16. The van der Waals surface area contributed by atoms with Crippen LogP contribution in [0.25, 0.3) is 11.5 Å². The van der Waals surface area contributed by atoms with Gasteiger partial charge in [0.1, 0.15) is 11.4 Å². The molecule has 0 aliphatic carbocycles. The molecule has 6 rings (SSSR count). The Morgan fingerprint density at radius 2 is 1.41 bits per heavy atom. The minimum Gasteiger partial charge on any atom is -0.463 e. The van der Waals surface area contributed by atoms with Crippen LogP contribution in [0.4, 0.5) is 28.4 Å². The molecule has 8 nitrogen and oxygen atoms in total. The first-order valence-electron chi connectivity index (χ1n) is 12.7. The summed E-state index contributed by atoms with van der Waals surface area (Å²) in [5.41, 5.74) is 4.84. The van der Waals surface area contributed by atoms with Crippen LogP contribution in [0.3, 0.4) is 0 Å². The summed E-state index contributed by atoms with van der Waals surface area (Å²) < 4.78 is 7.25. The van der Waals surface area contributed by atoms with E-state index in [1.807, 2.05) is 72.1 Å². The van der Waals surface area contributed by atoms with Gasteiger partial charge in [-0.1, -0.05) is 60.7 Å². The molecule has 4 aromatic carbocycles. The number of hydrogen-bond acceptors (Lipinski definition) is 7. The maximum Gasteiger partial charge on any atom is 0.294 e. The van der Waals surface area contributed by atoms with Crippen LogP contribution in [-0.4, -0.2) is 15.8 Å².